The molecule has 2 aromatic carbocycles. The van der Waals surface area contributed by atoms with E-state index < -0.39 is 0 Å². The van der Waals surface area contributed by atoms with Crippen molar-refractivity contribution in [3.8, 4) is 0 Å². The lowest BCUT2D eigenvalue weighted by atomic mass is 9.99. The Morgan fingerprint density at radius 2 is 1.82 bits per heavy atom. The Bertz CT molecular complexity index is 499. The van der Waals surface area contributed by atoms with Gasteiger partial charge >= 0.3 is 0 Å². The number of halogens is 2. The minimum Gasteiger partial charge on any atom is -0.309 e. The third-order valence-electron chi connectivity index (χ3n) is 2.70. The second-order valence-electron chi connectivity index (χ2n) is 3.80. The van der Waals surface area contributed by atoms with Gasteiger partial charge in [0.2, 0.25) is 0 Å². The van der Waals surface area contributed by atoms with Gasteiger partial charge in [-0.2, -0.15) is 0 Å². The molecule has 1 nitrogen and oxygen atoms in total. The van der Waals surface area contributed by atoms with E-state index in [0.717, 1.165) is 9.50 Å². The molecule has 0 fully saturated rings. The third-order valence-corrected chi connectivity index (χ3v) is 3.62. The van der Waals surface area contributed by atoms with Crippen LogP contribution in [-0.2, 0) is 0 Å². The van der Waals surface area contributed by atoms with E-state index in [4.69, 9.17) is 11.6 Å². The predicted molar refractivity (Wildman–Crippen MR) is 76.5 cm³/mol. The van der Waals surface area contributed by atoms with Gasteiger partial charge < -0.3 is 5.32 Å². The summed E-state index contributed by atoms with van der Waals surface area (Å²) in [4.78, 5) is 0. The van der Waals surface area contributed by atoms with Crippen LogP contribution in [0.15, 0.2) is 53.0 Å². The smallest absolute Gasteiger partial charge is 0.0585 e. The van der Waals surface area contributed by atoms with Gasteiger partial charge in [0.25, 0.3) is 0 Å². The van der Waals surface area contributed by atoms with Crippen molar-refractivity contribution in [2.24, 2.45) is 0 Å². The maximum Gasteiger partial charge on any atom is 0.0585 e. The fraction of sp³-hybridized carbons (Fsp3) is 0.143. The van der Waals surface area contributed by atoms with Gasteiger partial charge in [0.15, 0.2) is 0 Å². The molecular formula is C14H13BrClN. The van der Waals surface area contributed by atoms with Gasteiger partial charge in [-0.05, 0) is 30.3 Å². The van der Waals surface area contributed by atoms with E-state index >= 15 is 0 Å². The molecular weight excluding hydrogens is 298 g/mol. The van der Waals surface area contributed by atoms with E-state index in [1.165, 1.54) is 11.1 Å². The molecule has 0 aliphatic carbocycles. The zero-order valence-corrected chi connectivity index (χ0v) is 11.8. The quantitative estimate of drug-likeness (QED) is 0.885. The molecule has 0 amide bonds. The van der Waals surface area contributed by atoms with E-state index in [2.05, 4.69) is 33.4 Å². The molecule has 0 heterocycles. The summed E-state index contributed by atoms with van der Waals surface area (Å²) in [7, 11) is 1.96. The monoisotopic (exact) mass is 309 g/mol. The normalized spacial score (nSPS) is 12.4. The Morgan fingerprint density at radius 3 is 2.41 bits per heavy atom. The van der Waals surface area contributed by atoms with E-state index in [-0.39, 0.29) is 6.04 Å². The lowest BCUT2D eigenvalue weighted by molar-refractivity contribution is 0.689. The highest BCUT2D eigenvalue weighted by Crippen LogP contribution is 2.30. The summed E-state index contributed by atoms with van der Waals surface area (Å²) < 4.78 is 1.02. The van der Waals surface area contributed by atoms with Gasteiger partial charge in [-0.25, -0.2) is 0 Å². The highest BCUT2D eigenvalue weighted by atomic mass is 79.9. The Labute approximate surface area is 115 Å². The first-order valence-electron chi connectivity index (χ1n) is 5.39. The van der Waals surface area contributed by atoms with Crippen molar-refractivity contribution in [2.75, 3.05) is 7.05 Å². The minimum atomic E-state index is 0.169. The van der Waals surface area contributed by atoms with Crippen LogP contribution in [0.5, 0.6) is 0 Å². The van der Waals surface area contributed by atoms with Gasteiger partial charge in [-0.1, -0.05) is 63.9 Å². The van der Waals surface area contributed by atoms with Crippen molar-refractivity contribution in [3.63, 3.8) is 0 Å². The number of nitrogens with one attached hydrogen (secondary N) is 1. The molecule has 1 atom stereocenters. The van der Waals surface area contributed by atoms with Crippen molar-refractivity contribution in [1.29, 1.82) is 0 Å². The van der Waals surface area contributed by atoms with Crippen LogP contribution in [0, 0.1) is 0 Å². The molecule has 1 unspecified atom stereocenters. The number of rotatable bonds is 3. The van der Waals surface area contributed by atoms with Crippen LogP contribution < -0.4 is 5.32 Å². The van der Waals surface area contributed by atoms with Crippen LogP contribution in [0.1, 0.15) is 17.2 Å². The highest BCUT2D eigenvalue weighted by molar-refractivity contribution is 9.10. The number of hydrogen-bond donors (Lipinski definition) is 1. The lowest BCUT2D eigenvalue weighted by Crippen LogP contribution is -2.17. The molecule has 17 heavy (non-hydrogen) atoms. The average Bonchev–Trinajstić information content (AvgIpc) is 2.34. The standard InChI is InChI=1S/C14H13BrClN/c1-17-14(10-5-3-2-4-6-10)12-8-7-11(16)9-13(12)15/h2-9,14,17H,1H3. The summed E-state index contributed by atoms with van der Waals surface area (Å²) in [5.74, 6) is 0. The van der Waals surface area contributed by atoms with E-state index in [0.29, 0.717) is 0 Å². The van der Waals surface area contributed by atoms with Crippen molar-refractivity contribution >= 4 is 27.5 Å². The number of benzene rings is 2. The fourth-order valence-electron chi connectivity index (χ4n) is 1.88. The molecule has 0 spiro atoms. The maximum atomic E-state index is 5.96. The Hall–Kier alpha value is -0.830. The second-order valence-corrected chi connectivity index (χ2v) is 5.09. The lowest BCUT2D eigenvalue weighted by Gasteiger charge is -2.18. The summed E-state index contributed by atoms with van der Waals surface area (Å²) in [6.07, 6.45) is 0. The van der Waals surface area contributed by atoms with Gasteiger partial charge in [0.05, 0.1) is 6.04 Å². The fourth-order valence-corrected chi connectivity index (χ4v) is 2.79. The molecule has 0 aromatic heterocycles. The summed E-state index contributed by atoms with van der Waals surface area (Å²) >= 11 is 9.52. The summed E-state index contributed by atoms with van der Waals surface area (Å²) in [6, 6.07) is 16.4. The molecule has 3 heteroatoms. The largest absolute Gasteiger partial charge is 0.309 e. The van der Waals surface area contributed by atoms with E-state index in [9.17, 15) is 0 Å². The average molecular weight is 311 g/mol. The van der Waals surface area contributed by atoms with Crippen LogP contribution in [0.2, 0.25) is 5.02 Å². The first-order valence-corrected chi connectivity index (χ1v) is 6.56. The molecule has 0 bridgehead atoms. The van der Waals surface area contributed by atoms with Crippen molar-refractivity contribution in [2.45, 2.75) is 6.04 Å². The molecule has 0 saturated heterocycles. The molecule has 0 radical (unpaired) electrons. The van der Waals surface area contributed by atoms with E-state index in [1.807, 2.05) is 43.4 Å². The second kappa shape index (κ2) is 5.67. The molecule has 1 N–H and O–H groups in total. The Kier molecular flexibility index (Phi) is 4.21. The van der Waals surface area contributed by atoms with Crippen LogP contribution in [0.3, 0.4) is 0 Å². The first kappa shape index (κ1) is 12.6. The molecule has 88 valence electrons. The van der Waals surface area contributed by atoms with Gasteiger partial charge in [0.1, 0.15) is 0 Å². The van der Waals surface area contributed by atoms with Crippen molar-refractivity contribution in [1.82, 2.24) is 5.32 Å². The van der Waals surface area contributed by atoms with Crippen molar-refractivity contribution in [3.05, 3.63) is 69.2 Å². The van der Waals surface area contributed by atoms with E-state index in [1.54, 1.807) is 0 Å². The highest BCUT2D eigenvalue weighted by Gasteiger charge is 2.14. The maximum absolute atomic E-state index is 5.96. The Balaban J connectivity index is 2.42. The summed E-state index contributed by atoms with van der Waals surface area (Å²) in [6.45, 7) is 0. The summed E-state index contributed by atoms with van der Waals surface area (Å²) in [5.41, 5.74) is 2.42. The molecule has 0 aliphatic heterocycles. The van der Waals surface area contributed by atoms with Crippen LogP contribution in [0.4, 0.5) is 0 Å². The minimum absolute atomic E-state index is 0.169. The molecule has 2 aromatic rings. The number of hydrogen-bond acceptors (Lipinski definition) is 1. The van der Waals surface area contributed by atoms with Crippen molar-refractivity contribution < 1.29 is 0 Å². The zero-order chi connectivity index (χ0) is 12.3. The topological polar surface area (TPSA) is 12.0 Å². The van der Waals surface area contributed by atoms with Crippen LogP contribution in [0.25, 0.3) is 0 Å². The predicted octanol–water partition coefficient (Wildman–Crippen LogP) is 4.41. The third kappa shape index (κ3) is 2.89. The zero-order valence-electron chi connectivity index (χ0n) is 9.45. The molecule has 0 saturated carbocycles. The van der Waals surface area contributed by atoms with Crippen LogP contribution >= 0.6 is 27.5 Å². The Morgan fingerprint density at radius 1 is 1.12 bits per heavy atom. The van der Waals surface area contributed by atoms with Crippen LogP contribution in [-0.4, -0.2) is 7.05 Å². The SMILES string of the molecule is CNC(c1ccccc1)c1ccc(Cl)cc1Br. The van der Waals surface area contributed by atoms with Gasteiger partial charge in [0, 0.05) is 9.50 Å². The summed E-state index contributed by atoms with van der Waals surface area (Å²) in [5, 5.41) is 4.06. The first-order chi connectivity index (χ1) is 8.22. The molecule has 2 rings (SSSR count). The van der Waals surface area contributed by atoms with Gasteiger partial charge in [-0.3, -0.25) is 0 Å². The van der Waals surface area contributed by atoms with Gasteiger partial charge in [-0.15, -0.1) is 0 Å². The molecule has 0 aliphatic rings.